The minimum atomic E-state index is 0.649. The highest BCUT2D eigenvalue weighted by molar-refractivity contribution is 5.05. The Kier molecular flexibility index (Phi) is 4.24. The number of aryl methyl sites for hydroxylation is 1. The zero-order valence-corrected chi connectivity index (χ0v) is 12.0. The highest BCUT2D eigenvalue weighted by Crippen LogP contribution is 2.31. The molecule has 1 aliphatic carbocycles. The average Bonchev–Trinajstić information content (AvgIpc) is 2.84. The monoisotopic (exact) mass is 262 g/mol. The fraction of sp³-hybridized carbons (Fsp3) is 0.750. The predicted molar refractivity (Wildman–Crippen MR) is 77.1 cm³/mol. The quantitative estimate of drug-likeness (QED) is 0.876. The summed E-state index contributed by atoms with van der Waals surface area (Å²) in [4.78, 5) is 0. The van der Waals surface area contributed by atoms with Gasteiger partial charge in [0.05, 0.1) is 6.54 Å². The molecule has 3 heteroatoms. The van der Waals surface area contributed by atoms with E-state index in [2.05, 4.69) is 16.7 Å². The van der Waals surface area contributed by atoms with E-state index in [1.807, 2.05) is 13.0 Å². The molecule has 1 aromatic heterocycles. The van der Waals surface area contributed by atoms with Gasteiger partial charge < -0.3 is 15.1 Å². The molecule has 3 atom stereocenters. The molecule has 1 saturated heterocycles. The lowest BCUT2D eigenvalue weighted by molar-refractivity contribution is 0.174. The lowest BCUT2D eigenvalue weighted by Crippen LogP contribution is -2.52. The molecular weight excluding hydrogens is 236 g/mol. The molecule has 2 fully saturated rings. The fourth-order valence-corrected chi connectivity index (χ4v) is 3.68. The first kappa shape index (κ1) is 13.2. The van der Waals surface area contributed by atoms with Gasteiger partial charge in [0, 0.05) is 18.6 Å². The topological polar surface area (TPSA) is 37.2 Å². The second-order valence-electron chi connectivity index (χ2n) is 6.24. The van der Waals surface area contributed by atoms with E-state index in [1.54, 1.807) is 0 Å². The van der Waals surface area contributed by atoms with Gasteiger partial charge in [0.15, 0.2) is 0 Å². The summed E-state index contributed by atoms with van der Waals surface area (Å²) in [6.07, 6.45) is 8.45. The summed E-state index contributed by atoms with van der Waals surface area (Å²) in [7, 11) is 0. The molecule has 1 aliphatic heterocycles. The van der Waals surface area contributed by atoms with Crippen LogP contribution in [0.4, 0.5) is 0 Å². The number of piperidine rings is 1. The van der Waals surface area contributed by atoms with E-state index in [9.17, 15) is 0 Å². The van der Waals surface area contributed by atoms with Crippen molar-refractivity contribution in [3.8, 4) is 0 Å². The molecule has 2 N–H and O–H groups in total. The maximum Gasteiger partial charge on any atom is 0.117 e. The van der Waals surface area contributed by atoms with E-state index in [0.29, 0.717) is 6.04 Å². The van der Waals surface area contributed by atoms with Crippen LogP contribution in [0, 0.1) is 12.8 Å². The van der Waals surface area contributed by atoms with Gasteiger partial charge in [-0.2, -0.15) is 0 Å². The number of furan rings is 1. The molecule has 0 spiro atoms. The van der Waals surface area contributed by atoms with Crippen molar-refractivity contribution in [1.29, 1.82) is 0 Å². The first-order valence-electron chi connectivity index (χ1n) is 7.83. The summed E-state index contributed by atoms with van der Waals surface area (Å²) in [5.74, 6) is 3.00. The summed E-state index contributed by atoms with van der Waals surface area (Å²) in [5, 5.41) is 7.38. The Hall–Kier alpha value is -0.800. The molecular formula is C16H26N2O. The molecule has 1 aromatic rings. The molecule has 2 heterocycles. The highest BCUT2D eigenvalue weighted by Gasteiger charge is 2.31. The van der Waals surface area contributed by atoms with Crippen molar-refractivity contribution in [2.75, 3.05) is 6.54 Å². The van der Waals surface area contributed by atoms with Crippen LogP contribution in [0.3, 0.4) is 0 Å². The molecule has 106 valence electrons. The number of fused-ring (bicyclic) bond motifs is 1. The normalized spacial score (nSPS) is 31.1. The van der Waals surface area contributed by atoms with Gasteiger partial charge in [-0.05, 0) is 50.7 Å². The van der Waals surface area contributed by atoms with Gasteiger partial charge >= 0.3 is 0 Å². The van der Waals surface area contributed by atoms with Gasteiger partial charge in [-0.3, -0.25) is 0 Å². The molecule has 1 saturated carbocycles. The Bertz CT molecular complexity index is 401. The first-order chi connectivity index (χ1) is 9.31. The minimum absolute atomic E-state index is 0.649. The Morgan fingerprint density at radius 1 is 1.21 bits per heavy atom. The smallest absolute Gasteiger partial charge is 0.117 e. The third-order valence-corrected chi connectivity index (χ3v) is 4.73. The number of hydrogen-bond donors (Lipinski definition) is 2. The van der Waals surface area contributed by atoms with Crippen molar-refractivity contribution in [2.24, 2.45) is 5.92 Å². The van der Waals surface area contributed by atoms with Gasteiger partial charge in [-0.1, -0.05) is 12.8 Å². The maximum absolute atomic E-state index is 5.58. The average molecular weight is 262 g/mol. The zero-order chi connectivity index (χ0) is 13.1. The minimum Gasteiger partial charge on any atom is -0.465 e. The number of rotatable bonds is 4. The summed E-state index contributed by atoms with van der Waals surface area (Å²) in [6.45, 7) is 3.90. The van der Waals surface area contributed by atoms with Gasteiger partial charge in [0.2, 0.25) is 0 Å². The number of nitrogens with one attached hydrogen (secondary N) is 2. The second-order valence-corrected chi connectivity index (χ2v) is 6.24. The molecule has 0 bridgehead atoms. The van der Waals surface area contributed by atoms with Crippen molar-refractivity contribution in [1.82, 2.24) is 10.6 Å². The summed E-state index contributed by atoms with van der Waals surface area (Å²) < 4.78 is 5.58. The number of hydrogen-bond acceptors (Lipinski definition) is 3. The van der Waals surface area contributed by atoms with Crippen molar-refractivity contribution in [3.05, 3.63) is 23.7 Å². The Labute approximate surface area is 116 Å². The van der Waals surface area contributed by atoms with Crippen molar-refractivity contribution < 1.29 is 4.42 Å². The predicted octanol–water partition coefficient (Wildman–Crippen LogP) is 2.99. The van der Waals surface area contributed by atoms with E-state index in [4.69, 9.17) is 4.42 Å². The van der Waals surface area contributed by atoms with Gasteiger partial charge in [-0.15, -0.1) is 0 Å². The molecule has 0 amide bonds. The van der Waals surface area contributed by atoms with E-state index >= 15 is 0 Å². The molecule has 3 rings (SSSR count). The van der Waals surface area contributed by atoms with Crippen LogP contribution in [-0.4, -0.2) is 18.6 Å². The Balaban J connectivity index is 1.41. The van der Waals surface area contributed by atoms with Crippen molar-refractivity contribution in [2.45, 2.75) is 64.1 Å². The van der Waals surface area contributed by atoms with E-state index in [0.717, 1.165) is 36.6 Å². The second kappa shape index (κ2) is 6.10. The van der Waals surface area contributed by atoms with Gasteiger partial charge in [-0.25, -0.2) is 0 Å². The van der Waals surface area contributed by atoms with Gasteiger partial charge in [0.25, 0.3) is 0 Å². The molecule has 3 nitrogen and oxygen atoms in total. The Morgan fingerprint density at radius 2 is 2.11 bits per heavy atom. The molecule has 0 radical (unpaired) electrons. The largest absolute Gasteiger partial charge is 0.465 e. The summed E-state index contributed by atoms with van der Waals surface area (Å²) in [5.41, 5.74) is 0. The summed E-state index contributed by atoms with van der Waals surface area (Å²) >= 11 is 0. The SMILES string of the molecule is Cc1ccc(CNCC2CCC3CCCCC3N2)o1. The van der Waals surface area contributed by atoms with Crippen molar-refractivity contribution in [3.63, 3.8) is 0 Å². The van der Waals surface area contributed by atoms with Crippen LogP contribution in [0.2, 0.25) is 0 Å². The Morgan fingerprint density at radius 3 is 2.95 bits per heavy atom. The fourth-order valence-electron chi connectivity index (χ4n) is 3.68. The van der Waals surface area contributed by atoms with E-state index in [1.165, 1.54) is 38.5 Å². The standard InChI is InChI=1S/C16H26N2O/c1-12-6-9-15(19-12)11-17-10-14-8-7-13-4-2-3-5-16(13)18-14/h6,9,13-14,16-18H,2-5,7-8,10-11H2,1H3. The van der Waals surface area contributed by atoms with Crippen LogP contribution in [0.5, 0.6) is 0 Å². The summed E-state index contributed by atoms with van der Waals surface area (Å²) in [6, 6.07) is 5.53. The molecule has 19 heavy (non-hydrogen) atoms. The van der Waals surface area contributed by atoms with Crippen LogP contribution in [-0.2, 0) is 6.54 Å². The van der Waals surface area contributed by atoms with Crippen molar-refractivity contribution >= 4 is 0 Å². The highest BCUT2D eigenvalue weighted by atomic mass is 16.3. The lowest BCUT2D eigenvalue weighted by Gasteiger charge is -2.40. The van der Waals surface area contributed by atoms with Crippen LogP contribution in [0.25, 0.3) is 0 Å². The van der Waals surface area contributed by atoms with Gasteiger partial charge in [0.1, 0.15) is 11.5 Å². The van der Waals surface area contributed by atoms with Crippen LogP contribution in [0.1, 0.15) is 50.0 Å². The van der Waals surface area contributed by atoms with Crippen LogP contribution < -0.4 is 10.6 Å². The third-order valence-electron chi connectivity index (χ3n) is 4.73. The zero-order valence-electron chi connectivity index (χ0n) is 12.0. The van der Waals surface area contributed by atoms with E-state index < -0.39 is 0 Å². The first-order valence-corrected chi connectivity index (χ1v) is 7.83. The van der Waals surface area contributed by atoms with Crippen LogP contribution in [0.15, 0.2) is 16.5 Å². The molecule has 3 unspecified atom stereocenters. The lowest BCUT2D eigenvalue weighted by atomic mass is 9.78. The van der Waals surface area contributed by atoms with Crippen LogP contribution >= 0.6 is 0 Å². The molecule has 2 aliphatic rings. The van der Waals surface area contributed by atoms with E-state index in [-0.39, 0.29) is 0 Å². The maximum atomic E-state index is 5.58. The molecule has 0 aromatic carbocycles. The third kappa shape index (κ3) is 3.40.